The Morgan fingerprint density at radius 3 is 2.03 bits per heavy atom. The fourth-order valence-corrected chi connectivity index (χ4v) is 5.07. The van der Waals surface area contributed by atoms with Crippen LogP contribution in [0.5, 0.6) is 5.75 Å². The summed E-state index contributed by atoms with van der Waals surface area (Å²) in [7, 11) is 1.64. The molecule has 0 spiro atoms. The van der Waals surface area contributed by atoms with Gasteiger partial charge >= 0.3 is 0 Å². The monoisotopic (exact) mass is 488 g/mol. The lowest BCUT2D eigenvalue weighted by atomic mass is 9.98. The molecule has 1 aromatic carbocycles. The third-order valence-electron chi connectivity index (χ3n) is 7.51. The number of hydrogen-bond donors (Lipinski definition) is 2. The molecule has 200 valence electrons. The highest BCUT2D eigenvalue weighted by Gasteiger charge is 2.28. The summed E-state index contributed by atoms with van der Waals surface area (Å²) in [6, 6.07) is 7.20. The van der Waals surface area contributed by atoms with Gasteiger partial charge in [0.1, 0.15) is 11.9 Å². The summed E-state index contributed by atoms with van der Waals surface area (Å²) in [6.45, 7) is 7.05. The molecule has 1 amide bonds. The summed E-state index contributed by atoms with van der Waals surface area (Å²) in [6.07, 6.45) is 17.1. The van der Waals surface area contributed by atoms with E-state index in [2.05, 4.69) is 17.1 Å². The van der Waals surface area contributed by atoms with Gasteiger partial charge in [-0.3, -0.25) is 4.79 Å². The molecule has 2 rings (SSSR count). The lowest BCUT2D eigenvalue weighted by Crippen LogP contribution is -2.48. The SMILES string of the molecule is CCCCCCCCCCCCCC(C)C(=O)N[C@H](CN1CCCC1)[C@H](O)c1ccc(OC)cc1. The van der Waals surface area contributed by atoms with Crippen LogP contribution >= 0.6 is 0 Å². The van der Waals surface area contributed by atoms with E-state index in [4.69, 9.17) is 4.74 Å². The van der Waals surface area contributed by atoms with Crippen molar-refractivity contribution in [3.63, 3.8) is 0 Å². The third-order valence-corrected chi connectivity index (χ3v) is 7.51. The number of aliphatic hydroxyl groups is 1. The smallest absolute Gasteiger partial charge is 0.223 e. The second-order valence-electron chi connectivity index (χ2n) is 10.6. The van der Waals surface area contributed by atoms with E-state index in [0.29, 0.717) is 6.54 Å². The molecule has 5 heteroatoms. The minimum absolute atomic E-state index is 0.0299. The van der Waals surface area contributed by atoms with Crippen molar-refractivity contribution in [2.24, 2.45) is 5.92 Å². The topological polar surface area (TPSA) is 61.8 Å². The summed E-state index contributed by atoms with van der Waals surface area (Å²) >= 11 is 0. The number of aliphatic hydroxyl groups excluding tert-OH is 1. The van der Waals surface area contributed by atoms with E-state index >= 15 is 0 Å². The van der Waals surface area contributed by atoms with Crippen LogP contribution in [0.1, 0.15) is 115 Å². The van der Waals surface area contributed by atoms with E-state index in [0.717, 1.165) is 37.2 Å². The number of carbonyl (C=O) groups is 1. The Kier molecular flexibility index (Phi) is 15.1. The summed E-state index contributed by atoms with van der Waals surface area (Å²) in [5.74, 6) is 0.799. The van der Waals surface area contributed by atoms with Gasteiger partial charge in [-0.1, -0.05) is 96.6 Å². The Balaban J connectivity index is 1.72. The van der Waals surface area contributed by atoms with Crippen LogP contribution in [0.2, 0.25) is 0 Å². The molecule has 5 nitrogen and oxygen atoms in total. The van der Waals surface area contributed by atoms with Crippen LogP contribution in [-0.4, -0.2) is 48.7 Å². The zero-order valence-electron chi connectivity index (χ0n) is 22.8. The van der Waals surface area contributed by atoms with Crippen molar-refractivity contribution >= 4 is 5.91 Å². The molecule has 1 saturated heterocycles. The van der Waals surface area contributed by atoms with Crippen molar-refractivity contribution in [3.8, 4) is 5.75 Å². The lowest BCUT2D eigenvalue weighted by Gasteiger charge is -2.29. The molecular weight excluding hydrogens is 436 g/mol. The van der Waals surface area contributed by atoms with Gasteiger partial charge in [0.2, 0.25) is 5.91 Å². The highest BCUT2D eigenvalue weighted by molar-refractivity contribution is 5.78. The fraction of sp³-hybridized carbons (Fsp3) is 0.767. The van der Waals surface area contributed by atoms with Gasteiger partial charge in [0.05, 0.1) is 13.2 Å². The maximum atomic E-state index is 13.0. The fourth-order valence-electron chi connectivity index (χ4n) is 5.07. The van der Waals surface area contributed by atoms with E-state index < -0.39 is 6.10 Å². The minimum Gasteiger partial charge on any atom is -0.497 e. The standard InChI is InChI=1S/C30H52N2O3/c1-4-5-6-7-8-9-10-11-12-13-14-17-25(2)30(34)31-28(24-32-22-15-16-23-32)29(33)26-18-20-27(35-3)21-19-26/h18-21,25,28-29,33H,4-17,22-24H2,1-3H3,(H,31,34)/t25?,28-,29-/m1/s1. The number of ether oxygens (including phenoxy) is 1. The van der Waals surface area contributed by atoms with Crippen molar-refractivity contribution in [2.45, 2.75) is 116 Å². The second-order valence-corrected chi connectivity index (χ2v) is 10.6. The molecule has 0 aromatic heterocycles. The van der Waals surface area contributed by atoms with E-state index in [9.17, 15) is 9.90 Å². The first-order valence-electron chi connectivity index (χ1n) is 14.4. The molecule has 1 fully saturated rings. The van der Waals surface area contributed by atoms with Gasteiger partial charge in [0.15, 0.2) is 0 Å². The normalized spacial score (nSPS) is 16.7. The van der Waals surface area contributed by atoms with Crippen LogP contribution in [0.3, 0.4) is 0 Å². The first-order valence-corrected chi connectivity index (χ1v) is 14.4. The molecule has 3 atom stereocenters. The van der Waals surface area contributed by atoms with Crippen LogP contribution in [0.15, 0.2) is 24.3 Å². The number of amides is 1. The number of methoxy groups -OCH3 is 1. The molecule has 0 saturated carbocycles. The number of likely N-dealkylation sites (tertiary alicyclic amines) is 1. The number of carbonyl (C=O) groups excluding carboxylic acids is 1. The Hall–Kier alpha value is -1.59. The van der Waals surface area contributed by atoms with Gasteiger partial charge in [0.25, 0.3) is 0 Å². The van der Waals surface area contributed by atoms with Crippen molar-refractivity contribution in [1.82, 2.24) is 10.2 Å². The van der Waals surface area contributed by atoms with Gasteiger partial charge in [-0.2, -0.15) is 0 Å². The summed E-state index contributed by atoms with van der Waals surface area (Å²) in [4.78, 5) is 15.4. The predicted octanol–water partition coefficient (Wildman–Crippen LogP) is 6.65. The zero-order chi connectivity index (χ0) is 25.3. The summed E-state index contributed by atoms with van der Waals surface area (Å²) in [5.41, 5.74) is 0.813. The van der Waals surface area contributed by atoms with Crippen molar-refractivity contribution in [3.05, 3.63) is 29.8 Å². The quantitative estimate of drug-likeness (QED) is 0.214. The molecule has 1 heterocycles. The third kappa shape index (κ3) is 11.8. The van der Waals surface area contributed by atoms with Gasteiger partial charge in [0, 0.05) is 12.5 Å². The van der Waals surface area contributed by atoms with Crippen LogP contribution < -0.4 is 10.1 Å². The molecule has 0 bridgehead atoms. The van der Waals surface area contributed by atoms with Crippen LogP contribution in [0.4, 0.5) is 0 Å². The van der Waals surface area contributed by atoms with Gasteiger partial charge in [-0.15, -0.1) is 0 Å². The Bertz CT molecular complexity index is 673. The van der Waals surface area contributed by atoms with E-state index in [1.54, 1.807) is 7.11 Å². The number of unbranched alkanes of at least 4 members (excludes halogenated alkanes) is 10. The molecule has 0 aliphatic carbocycles. The highest BCUT2D eigenvalue weighted by atomic mass is 16.5. The number of benzene rings is 1. The van der Waals surface area contributed by atoms with Gasteiger partial charge in [-0.05, 0) is 50.0 Å². The number of rotatable bonds is 19. The van der Waals surface area contributed by atoms with Crippen LogP contribution in [0, 0.1) is 5.92 Å². The van der Waals surface area contributed by atoms with Crippen molar-refractivity contribution in [2.75, 3.05) is 26.7 Å². The van der Waals surface area contributed by atoms with Crippen LogP contribution in [0.25, 0.3) is 0 Å². The van der Waals surface area contributed by atoms with Crippen molar-refractivity contribution in [1.29, 1.82) is 0 Å². The molecule has 0 radical (unpaired) electrons. The average Bonchev–Trinajstić information content (AvgIpc) is 3.39. The van der Waals surface area contributed by atoms with Crippen molar-refractivity contribution < 1.29 is 14.6 Å². The minimum atomic E-state index is -0.736. The second kappa shape index (κ2) is 17.8. The Morgan fingerprint density at radius 2 is 1.49 bits per heavy atom. The molecule has 1 aliphatic rings. The van der Waals surface area contributed by atoms with Crippen LogP contribution in [-0.2, 0) is 4.79 Å². The van der Waals surface area contributed by atoms with Gasteiger partial charge < -0.3 is 20.1 Å². The number of nitrogens with zero attached hydrogens (tertiary/aromatic N) is 1. The predicted molar refractivity (Wildman–Crippen MR) is 146 cm³/mol. The molecule has 2 N–H and O–H groups in total. The largest absolute Gasteiger partial charge is 0.497 e. The maximum Gasteiger partial charge on any atom is 0.223 e. The highest BCUT2D eigenvalue weighted by Crippen LogP contribution is 2.23. The molecule has 35 heavy (non-hydrogen) atoms. The Labute approximate surface area is 215 Å². The Morgan fingerprint density at radius 1 is 0.943 bits per heavy atom. The lowest BCUT2D eigenvalue weighted by molar-refractivity contribution is -0.126. The summed E-state index contributed by atoms with van der Waals surface area (Å²) < 4.78 is 5.25. The molecular formula is C30H52N2O3. The number of nitrogens with one attached hydrogen (secondary N) is 1. The maximum absolute atomic E-state index is 13.0. The molecule has 1 aromatic rings. The molecule has 1 unspecified atom stereocenters. The zero-order valence-corrected chi connectivity index (χ0v) is 22.8. The summed E-state index contributed by atoms with van der Waals surface area (Å²) in [5, 5.41) is 14.3. The van der Waals surface area contributed by atoms with E-state index in [-0.39, 0.29) is 17.9 Å². The first-order chi connectivity index (χ1) is 17.0. The van der Waals surface area contributed by atoms with Gasteiger partial charge in [-0.25, -0.2) is 0 Å². The van der Waals surface area contributed by atoms with E-state index in [1.807, 2.05) is 31.2 Å². The van der Waals surface area contributed by atoms with E-state index in [1.165, 1.54) is 77.0 Å². The molecule has 1 aliphatic heterocycles. The first kappa shape index (κ1) is 29.6. The number of hydrogen-bond acceptors (Lipinski definition) is 4. The average molecular weight is 489 g/mol.